The molecule has 0 radical (unpaired) electrons. The van der Waals surface area contributed by atoms with Gasteiger partial charge < -0.3 is 14.7 Å². The van der Waals surface area contributed by atoms with E-state index in [9.17, 15) is 23.9 Å². The van der Waals surface area contributed by atoms with Crippen molar-refractivity contribution in [1.29, 1.82) is 0 Å². The van der Waals surface area contributed by atoms with Crippen molar-refractivity contribution >= 4 is 34.8 Å². The van der Waals surface area contributed by atoms with Crippen LogP contribution in [0.25, 0.3) is 5.76 Å². The normalized spacial score (nSPS) is 16.8. The smallest absolute Gasteiger partial charge is 0.337 e. The van der Waals surface area contributed by atoms with E-state index in [1.807, 2.05) is 31.1 Å². The average molecular weight is 489 g/mol. The zero-order chi connectivity index (χ0) is 26.1. The Morgan fingerprint density at radius 2 is 1.58 bits per heavy atom. The number of amides is 1. The predicted octanol–water partition coefficient (Wildman–Crippen LogP) is 4.61. The van der Waals surface area contributed by atoms with Crippen LogP contribution >= 0.6 is 0 Å². The van der Waals surface area contributed by atoms with Crippen molar-refractivity contribution in [2.75, 3.05) is 31.0 Å². The molecule has 1 saturated heterocycles. The van der Waals surface area contributed by atoms with Crippen molar-refractivity contribution in [2.24, 2.45) is 0 Å². The van der Waals surface area contributed by atoms with Crippen LogP contribution in [0.1, 0.15) is 33.1 Å². The summed E-state index contributed by atoms with van der Waals surface area (Å²) >= 11 is 0. The van der Waals surface area contributed by atoms with Crippen LogP contribution in [0.5, 0.6) is 0 Å². The highest BCUT2D eigenvalue weighted by Crippen LogP contribution is 2.42. The maximum atomic E-state index is 13.9. The Balaban J connectivity index is 1.90. The number of methoxy groups -OCH3 is 1. The largest absolute Gasteiger partial charge is 0.507 e. The summed E-state index contributed by atoms with van der Waals surface area (Å²) in [4.78, 5) is 41.6. The lowest BCUT2D eigenvalue weighted by molar-refractivity contribution is -0.132. The number of aryl methyl sites for hydroxylation is 1. The van der Waals surface area contributed by atoms with E-state index in [1.54, 1.807) is 31.2 Å². The fourth-order valence-corrected chi connectivity index (χ4v) is 4.19. The standard InChI is InChI=1S/C28H25FN2O5/c1-16-15-19(9-14-22(16)29)25(32)23-24(17-5-10-20(11-6-17)30(2)3)31(27(34)26(23)33)21-12-7-18(8-13-21)28(35)36-4/h5-15,24,32H,1-4H3/b25-23-. The highest BCUT2D eigenvalue weighted by atomic mass is 19.1. The minimum atomic E-state index is -0.949. The third kappa shape index (κ3) is 4.33. The number of esters is 1. The Hall–Kier alpha value is -4.46. The number of benzene rings is 3. The molecule has 0 aliphatic carbocycles. The van der Waals surface area contributed by atoms with Crippen molar-refractivity contribution < 1.29 is 28.6 Å². The van der Waals surface area contributed by atoms with E-state index < -0.39 is 35.3 Å². The highest BCUT2D eigenvalue weighted by Gasteiger charge is 2.47. The van der Waals surface area contributed by atoms with Gasteiger partial charge in [0.05, 0.1) is 24.3 Å². The summed E-state index contributed by atoms with van der Waals surface area (Å²) in [5.41, 5.74) is 2.55. The molecule has 36 heavy (non-hydrogen) atoms. The number of ketones is 1. The molecule has 1 aliphatic rings. The molecule has 1 atom stereocenters. The van der Waals surface area contributed by atoms with Crippen LogP contribution in [0.4, 0.5) is 15.8 Å². The minimum Gasteiger partial charge on any atom is -0.507 e. The lowest BCUT2D eigenvalue weighted by Crippen LogP contribution is -2.29. The van der Waals surface area contributed by atoms with Gasteiger partial charge in [-0.15, -0.1) is 0 Å². The van der Waals surface area contributed by atoms with E-state index in [-0.39, 0.29) is 16.7 Å². The molecule has 1 N–H and O–H groups in total. The van der Waals surface area contributed by atoms with Crippen LogP contribution in [0, 0.1) is 12.7 Å². The lowest BCUT2D eigenvalue weighted by atomic mass is 9.94. The second kappa shape index (κ2) is 9.65. The Labute approximate surface area is 208 Å². The fraction of sp³-hybridized carbons (Fsp3) is 0.179. The predicted molar refractivity (Wildman–Crippen MR) is 134 cm³/mol. The first-order chi connectivity index (χ1) is 17.1. The first-order valence-electron chi connectivity index (χ1n) is 11.2. The number of ether oxygens (including phenoxy) is 1. The van der Waals surface area contributed by atoms with Gasteiger partial charge in [-0.3, -0.25) is 14.5 Å². The summed E-state index contributed by atoms with van der Waals surface area (Å²) < 4.78 is 18.6. The molecule has 3 aromatic rings. The molecule has 184 valence electrons. The van der Waals surface area contributed by atoms with Gasteiger partial charge in [0.1, 0.15) is 11.6 Å². The molecular formula is C28H25FN2O5. The minimum absolute atomic E-state index is 0.111. The van der Waals surface area contributed by atoms with E-state index in [1.165, 1.54) is 42.3 Å². The highest BCUT2D eigenvalue weighted by molar-refractivity contribution is 6.51. The number of carbonyl (C=O) groups is 3. The summed E-state index contributed by atoms with van der Waals surface area (Å²) in [6.45, 7) is 1.55. The first kappa shape index (κ1) is 24.7. The summed E-state index contributed by atoms with van der Waals surface area (Å²) in [6, 6.07) is 16.4. The lowest BCUT2D eigenvalue weighted by Gasteiger charge is -2.26. The summed E-state index contributed by atoms with van der Waals surface area (Å²) in [5.74, 6) is -3.08. The molecule has 7 nitrogen and oxygen atoms in total. The van der Waals surface area contributed by atoms with Gasteiger partial charge in [0.15, 0.2) is 0 Å². The Morgan fingerprint density at radius 3 is 2.14 bits per heavy atom. The monoisotopic (exact) mass is 488 g/mol. The third-order valence-electron chi connectivity index (χ3n) is 6.17. The molecule has 4 rings (SSSR count). The fourth-order valence-electron chi connectivity index (χ4n) is 4.19. The Morgan fingerprint density at radius 1 is 0.972 bits per heavy atom. The number of nitrogens with zero attached hydrogens (tertiary/aromatic N) is 2. The molecule has 3 aromatic carbocycles. The number of hydrogen-bond donors (Lipinski definition) is 1. The zero-order valence-corrected chi connectivity index (χ0v) is 20.3. The van der Waals surface area contributed by atoms with Crippen molar-refractivity contribution in [2.45, 2.75) is 13.0 Å². The molecule has 1 unspecified atom stereocenters. The molecule has 0 bridgehead atoms. The van der Waals surface area contributed by atoms with Gasteiger partial charge in [0.25, 0.3) is 11.7 Å². The molecule has 8 heteroatoms. The first-order valence-corrected chi connectivity index (χ1v) is 11.2. The average Bonchev–Trinajstić information content (AvgIpc) is 3.15. The SMILES string of the molecule is COC(=O)c1ccc(N2C(=O)C(=O)/C(=C(\O)c3ccc(F)c(C)c3)C2c2ccc(N(C)C)cc2)cc1. The van der Waals surface area contributed by atoms with Crippen molar-refractivity contribution in [3.8, 4) is 0 Å². The van der Waals surface area contributed by atoms with Crippen LogP contribution in [-0.4, -0.2) is 44.0 Å². The van der Waals surface area contributed by atoms with Crippen LogP contribution < -0.4 is 9.80 Å². The van der Waals surface area contributed by atoms with Crippen LogP contribution in [0.15, 0.2) is 72.3 Å². The Bertz CT molecular complexity index is 1380. The third-order valence-corrected chi connectivity index (χ3v) is 6.17. The maximum Gasteiger partial charge on any atom is 0.337 e. The summed E-state index contributed by atoms with van der Waals surface area (Å²) in [6.07, 6.45) is 0. The quantitative estimate of drug-likeness (QED) is 0.244. The van der Waals surface area contributed by atoms with E-state index in [0.717, 1.165) is 5.69 Å². The van der Waals surface area contributed by atoms with Gasteiger partial charge >= 0.3 is 5.97 Å². The second-order valence-electron chi connectivity index (χ2n) is 8.66. The number of halogens is 1. The molecule has 1 fully saturated rings. The van der Waals surface area contributed by atoms with Gasteiger partial charge in [-0.25, -0.2) is 9.18 Å². The van der Waals surface area contributed by atoms with Crippen molar-refractivity contribution in [1.82, 2.24) is 0 Å². The maximum absolute atomic E-state index is 13.9. The summed E-state index contributed by atoms with van der Waals surface area (Å²) in [7, 11) is 5.05. The molecule has 1 aliphatic heterocycles. The van der Waals surface area contributed by atoms with Crippen LogP contribution in [0.2, 0.25) is 0 Å². The molecule has 1 heterocycles. The molecular weight excluding hydrogens is 463 g/mol. The molecule has 0 aromatic heterocycles. The van der Waals surface area contributed by atoms with Crippen molar-refractivity contribution in [3.05, 3.63) is 100 Å². The van der Waals surface area contributed by atoms with Gasteiger partial charge in [0, 0.05) is 31.0 Å². The molecule has 1 amide bonds. The van der Waals surface area contributed by atoms with Crippen LogP contribution in [-0.2, 0) is 14.3 Å². The van der Waals surface area contributed by atoms with Gasteiger partial charge in [-0.2, -0.15) is 0 Å². The molecule has 0 spiro atoms. The topological polar surface area (TPSA) is 87.1 Å². The number of anilines is 2. The number of aliphatic hydroxyl groups excluding tert-OH is 1. The van der Waals surface area contributed by atoms with Crippen molar-refractivity contribution in [3.63, 3.8) is 0 Å². The summed E-state index contributed by atoms with van der Waals surface area (Å²) in [5, 5.41) is 11.2. The van der Waals surface area contributed by atoms with Crippen LogP contribution in [0.3, 0.4) is 0 Å². The van der Waals surface area contributed by atoms with E-state index in [2.05, 4.69) is 0 Å². The second-order valence-corrected chi connectivity index (χ2v) is 8.66. The van der Waals surface area contributed by atoms with Gasteiger partial charge in [-0.05, 0) is 72.6 Å². The van der Waals surface area contributed by atoms with E-state index in [0.29, 0.717) is 16.8 Å². The number of aliphatic hydroxyl groups is 1. The number of Topliss-reactive ketones (excluding diaryl/α,β-unsaturated/α-hetero) is 1. The van der Waals surface area contributed by atoms with E-state index in [4.69, 9.17) is 4.74 Å². The number of rotatable bonds is 5. The zero-order valence-electron chi connectivity index (χ0n) is 20.3. The van der Waals surface area contributed by atoms with Gasteiger partial charge in [-0.1, -0.05) is 12.1 Å². The van der Waals surface area contributed by atoms with Gasteiger partial charge in [0.2, 0.25) is 0 Å². The van der Waals surface area contributed by atoms with E-state index >= 15 is 0 Å². The number of hydrogen-bond acceptors (Lipinski definition) is 6. The molecule has 0 saturated carbocycles. The number of carbonyl (C=O) groups excluding carboxylic acids is 3. The Kier molecular flexibility index (Phi) is 6.61.